The Labute approximate surface area is 165 Å². The minimum absolute atomic E-state index is 0.152. The van der Waals surface area contributed by atoms with Crippen LogP contribution in [-0.2, 0) is 15.4 Å². The summed E-state index contributed by atoms with van der Waals surface area (Å²) in [5.74, 6) is -2.02. The number of halogens is 2. The van der Waals surface area contributed by atoms with Crippen molar-refractivity contribution in [2.45, 2.75) is 88.3 Å². The minimum atomic E-state index is -3.33. The van der Waals surface area contributed by atoms with E-state index in [1.165, 1.54) is 0 Å². The number of nitrogens with one attached hydrogen (secondary N) is 2. The van der Waals surface area contributed by atoms with Crippen LogP contribution in [0.3, 0.4) is 0 Å². The molecule has 3 rings (SSSR count). The van der Waals surface area contributed by atoms with Gasteiger partial charge in [0, 0.05) is 30.8 Å². The molecule has 0 aromatic carbocycles. The zero-order valence-electron chi connectivity index (χ0n) is 16.9. The molecule has 160 valence electrons. The first-order valence-corrected chi connectivity index (χ1v) is 11.3. The van der Waals surface area contributed by atoms with Gasteiger partial charge in [0.15, 0.2) is 5.82 Å². The Balaban J connectivity index is 1.45. The molecule has 0 unspecified atom stereocenters. The predicted octanol–water partition coefficient (Wildman–Crippen LogP) is 3.45. The first-order valence-electron chi connectivity index (χ1n) is 9.77. The zero-order valence-corrected chi connectivity index (χ0v) is 17.7. The van der Waals surface area contributed by atoms with Gasteiger partial charge in [-0.15, -0.1) is 0 Å². The van der Waals surface area contributed by atoms with Crippen molar-refractivity contribution in [1.82, 2.24) is 14.9 Å². The molecule has 0 spiro atoms. The maximum atomic E-state index is 13.2. The number of rotatable bonds is 6. The predicted molar refractivity (Wildman–Crippen MR) is 102 cm³/mol. The highest BCUT2D eigenvalue weighted by molar-refractivity contribution is 7.90. The molecule has 7 nitrogen and oxygen atoms in total. The molecular weight excluding hydrogens is 390 g/mol. The average Bonchev–Trinajstić information content (AvgIpc) is 3.00. The van der Waals surface area contributed by atoms with Gasteiger partial charge >= 0.3 is 6.01 Å². The number of anilines is 1. The smallest absolute Gasteiger partial charge is 0.321 e. The summed E-state index contributed by atoms with van der Waals surface area (Å²) in [4.78, 5) is 4.26. The monoisotopic (exact) mass is 420 g/mol. The first kappa shape index (κ1) is 21.4. The van der Waals surface area contributed by atoms with E-state index in [9.17, 15) is 17.2 Å². The van der Waals surface area contributed by atoms with Crippen LogP contribution in [0.15, 0.2) is 4.52 Å². The summed E-state index contributed by atoms with van der Waals surface area (Å²) in [6, 6.07) is 0.419. The van der Waals surface area contributed by atoms with Crippen molar-refractivity contribution in [3.8, 4) is 0 Å². The van der Waals surface area contributed by atoms with Crippen LogP contribution in [0.2, 0.25) is 0 Å². The molecule has 1 aromatic rings. The van der Waals surface area contributed by atoms with Gasteiger partial charge in [0.1, 0.15) is 0 Å². The Morgan fingerprint density at radius 1 is 1.18 bits per heavy atom. The highest BCUT2D eigenvalue weighted by Gasteiger charge is 2.56. The molecule has 0 radical (unpaired) electrons. The zero-order chi connectivity index (χ0) is 20.8. The summed E-state index contributed by atoms with van der Waals surface area (Å²) < 4.78 is 57.8. The Kier molecular flexibility index (Phi) is 5.50. The van der Waals surface area contributed by atoms with Crippen LogP contribution in [0.1, 0.15) is 72.0 Å². The second-order valence-corrected chi connectivity index (χ2v) is 12.0. The fourth-order valence-corrected chi connectivity index (χ4v) is 4.79. The molecule has 2 aliphatic carbocycles. The molecule has 2 saturated carbocycles. The van der Waals surface area contributed by atoms with Crippen molar-refractivity contribution >= 4 is 16.0 Å². The summed E-state index contributed by atoms with van der Waals surface area (Å²) in [5, 5.41) is 7.07. The second kappa shape index (κ2) is 7.19. The van der Waals surface area contributed by atoms with Gasteiger partial charge in [-0.05, 0) is 52.4 Å². The maximum absolute atomic E-state index is 13.2. The number of aromatic nitrogens is 2. The van der Waals surface area contributed by atoms with Crippen LogP contribution >= 0.6 is 0 Å². The van der Waals surface area contributed by atoms with E-state index in [0.29, 0.717) is 18.3 Å². The Hall–Kier alpha value is -1.29. The summed E-state index contributed by atoms with van der Waals surface area (Å²) in [5.41, 5.74) is -0.727. The summed E-state index contributed by atoms with van der Waals surface area (Å²) in [7, 11) is -3.33. The SMILES string of the molecule is CC1(c2noc(NC3CCC(CNS(=O)(=O)C(C)(C)C)CC3)n2)CC(F)(F)C1. The fraction of sp³-hybridized carbons (Fsp3) is 0.889. The van der Waals surface area contributed by atoms with Gasteiger partial charge in [0.2, 0.25) is 15.9 Å². The van der Waals surface area contributed by atoms with Crippen LogP contribution in [-0.4, -0.2) is 41.8 Å². The van der Waals surface area contributed by atoms with Crippen LogP contribution in [0.25, 0.3) is 0 Å². The van der Waals surface area contributed by atoms with Crippen LogP contribution < -0.4 is 10.0 Å². The number of hydrogen-bond donors (Lipinski definition) is 2. The summed E-state index contributed by atoms with van der Waals surface area (Å²) >= 11 is 0. The Bertz CT molecular complexity index is 788. The second-order valence-electron chi connectivity index (χ2n) is 9.52. The lowest BCUT2D eigenvalue weighted by Crippen LogP contribution is -2.47. The van der Waals surface area contributed by atoms with E-state index >= 15 is 0 Å². The lowest BCUT2D eigenvalue weighted by atomic mass is 9.67. The number of nitrogens with zero attached hydrogens (tertiary/aromatic N) is 2. The normalized spacial score (nSPS) is 27.2. The van der Waals surface area contributed by atoms with Crippen LogP contribution in [0, 0.1) is 5.92 Å². The minimum Gasteiger partial charge on any atom is -0.335 e. The fourth-order valence-electron chi connectivity index (χ4n) is 3.90. The molecular formula is C18H30F2N4O3S. The third-order valence-corrected chi connectivity index (χ3v) is 7.97. The molecule has 0 aliphatic heterocycles. The largest absolute Gasteiger partial charge is 0.335 e. The van der Waals surface area contributed by atoms with Crippen LogP contribution in [0.5, 0.6) is 0 Å². The van der Waals surface area contributed by atoms with E-state index < -0.39 is 26.1 Å². The lowest BCUT2D eigenvalue weighted by molar-refractivity contribution is -0.123. The first-order chi connectivity index (χ1) is 12.8. The topological polar surface area (TPSA) is 97.1 Å². The number of sulfonamides is 1. The number of hydrogen-bond acceptors (Lipinski definition) is 6. The van der Waals surface area contributed by atoms with Gasteiger partial charge in [-0.1, -0.05) is 12.1 Å². The van der Waals surface area contributed by atoms with E-state index in [0.717, 1.165) is 25.7 Å². The van der Waals surface area contributed by atoms with E-state index in [1.54, 1.807) is 27.7 Å². The number of alkyl halides is 2. The Morgan fingerprint density at radius 2 is 1.79 bits per heavy atom. The highest BCUT2D eigenvalue weighted by Crippen LogP contribution is 2.52. The lowest BCUT2D eigenvalue weighted by Gasteiger charge is -2.42. The van der Waals surface area contributed by atoms with E-state index in [2.05, 4.69) is 20.2 Å². The van der Waals surface area contributed by atoms with Crippen LogP contribution in [0.4, 0.5) is 14.8 Å². The Morgan fingerprint density at radius 3 is 2.32 bits per heavy atom. The van der Waals surface area contributed by atoms with Gasteiger partial charge in [-0.3, -0.25) is 0 Å². The average molecular weight is 421 g/mol. The molecule has 28 heavy (non-hydrogen) atoms. The van der Waals surface area contributed by atoms with Gasteiger partial charge in [0.25, 0.3) is 0 Å². The molecule has 2 fully saturated rings. The van der Waals surface area contributed by atoms with E-state index in [4.69, 9.17) is 4.52 Å². The van der Waals surface area contributed by atoms with Gasteiger partial charge in [-0.25, -0.2) is 21.9 Å². The van der Waals surface area contributed by atoms with Crippen molar-refractivity contribution in [1.29, 1.82) is 0 Å². The third kappa shape index (κ3) is 4.64. The summed E-state index contributed by atoms with van der Waals surface area (Å²) in [6.45, 7) is 7.21. The van der Waals surface area contributed by atoms with Crippen molar-refractivity contribution in [2.75, 3.05) is 11.9 Å². The van der Waals surface area contributed by atoms with Crippen molar-refractivity contribution in [2.24, 2.45) is 5.92 Å². The maximum Gasteiger partial charge on any atom is 0.321 e. The van der Waals surface area contributed by atoms with Gasteiger partial charge in [0.05, 0.1) is 4.75 Å². The van der Waals surface area contributed by atoms with E-state index in [1.807, 2.05) is 0 Å². The van der Waals surface area contributed by atoms with Gasteiger partial charge in [-0.2, -0.15) is 4.98 Å². The molecule has 0 amide bonds. The van der Waals surface area contributed by atoms with Crippen molar-refractivity contribution in [3.63, 3.8) is 0 Å². The standard InChI is InChI=1S/C18H30F2N4O3S/c1-16(2,3)28(25,26)21-9-12-5-7-13(8-6-12)22-15-23-14(24-27-15)17(4)10-18(19,20)11-17/h12-13,21H,5-11H2,1-4H3,(H,22,23,24). The van der Waals surface area contributed by atoms with Crippen molar-refractivity contribution < 1.29 is 21.7 Å². The molecule has 0 bridgehead atoms. The molecule has 1 aromatic heterocycles. The summed E-state index contributed by atoms with van der Waals surface area (Å²) in [6.07, 6.45) is 2.97. The van der Waals surface area contributed by atoms with E-state index in [-0.39, 0.29) is 24.9 Å². The molecule has 2 N–H and O–H groups in total. The molecule has 0 saturated heterocycles. The molecule has 2 aliphatic rings. The van der Waals surface area contributed by atoms with Crippen molar-refractivity contribution in [3.05, 3.63) is 5.82 Å². The highest BCUT2D eigenvalue weighted by atomic mass is 32.2. The molecule has 10 heteroatoms. The molecule has 1 heterocycles. The molecule has 0 atom stereocenters. The van der Waals surface area contributed by atoms with Gasteiger partial charge < -0.3 is 9.84 Å². The third-order valence-electron chi connectivity index (χ3n) is 5.81. The quantitative estimate of drug-likeness (QED) is 0.732.